The summed E-state index contributed by atoms with van der Waals surface area (Å²) in [7, 11) is 1.29. The molecule has 20 heavy (non-hydrogen) atoms. The highest BCUT2D eigenvalue weighted by Crippen LogP contribution is 2.25. The van der Waals surface area contributed by atoms with Crippen molar-refractivity contribution in [3.8, 4) is 0 Å². The van der Waals surface area contributed by atoms with Gasteiger partial charge in [0, 0.05) is 7.05 Å². The van der Waals surface area contributed by atoms with Crippen LogP contribution in [0.3, 0.4) is 0 Å². The Kier molecular flexibility index (Phi) is 4.39. The van der Waals surface area contributed by atoms with E-state index in [0.29, 0.717) is 12.1 Å². The van der Waals surface area contributed by atoms with E-state index in [1.165, 1.54) is 20.9 Å². The summed E-state index contributed by atoms with van der Waals surface area (Å²) in [5.41, 5.74) is -2.88. The summed E-state index contributed by atoms with van der Waals surface area (Å²) in [6.07, 6.45) is 0. The van der Waals surface area contributed by atoms with E-state index in [2.05, 4.69) is 0 Å². The number of nitrogens with zero attached hydrogens (tertiary/aromatic N) is 2. The number of nitro benzene ring substituents is 1. The van der Waals surface area contributed by atoms with Gasteiger partial charge in [-0.2, -0.15) is 4.39 Å². The minimum Gasteiger partial charge on any atom is -0.394 e. The number of rotatable bonds is 4. The number of aliphatic hydroxyl groups excluding tert-OH is 1. The Morgan fingerprint density at radius 3 is 2.45 bits per heavy atom. The van der Waals surface area contributed by atoms with Crippen LogP contribution in [0.5, 0.6) is 0 Å². The van der Waals surface area contributed by atoms with Crippen LogP contribution in [0.4, 0.5) is 14.5 Å². The van der Waals surface area contributed by atoms with E-state index in [1.807, 2.05) is 0 Å². The fourth-order valence-corrected chi connectivity index (χ4v) is 1.42. The van der Waals surface area contributed by atoms with Crippen molar-refractivity contribution in [1.29, 1.82) is 0 Å². The third kappa shape index (κ3) is 2.90. The highest BCUT2D eigenvalue weighted by molar-refractivity contribution is 5.95. The Labute approximate surface area is 113 Å². The van der Waals surface area contributed by atoms with Gasteiger partial charge in [-0.1, -0.05) is 0 Å². The Bertz CT molecular complexity index is 561. The van der Waals surface area contributed by atoms with Gasteiger partial charge in [-0.25, -0.2) is 4.39 Å². The molecule has 0 saturated heterocycles. The molecule has 1 aromatic rings. The summed E-state index contributed by atoms with van der Waals surface area (Å²) in [6.45, 7) is 2.61. The predicted molar refractivity (Wildman–Crippen MR) is 66.3 cm³/mol. The van der Waals surface area contributed by atoms with Gasteiger partial charge in [0.05, 0.1) is 28.7 Å². The molecule has 0 fully saturated rings. The minimum atomic E-state index is -1.40. The van der Waals surface area contributed by atoms with Crippen molar-refractivity contribution >= 4 is 11.6 Å². The molecular formula is C12H14F2N2O4. The first kappa shape index (κ1) is 16.0. The number of nitro groups is 1. The van der Waals surface area contributed by atoms with Crippen LogP contribution in [-0.4, -0.2) is 40.0 Å². The van der Waals surface area contributed by atoms with Gasteiger partial charge in [0.25, 0.3) is 5.91 Å². The molecule has 0 bridgehead atoms. The molecule has 1 amide bonds. The average molecular weight is 288 g/mol. The van der Waals surface area contributed by atoms with E-state index in [9.17, 15) is 23.7 Å². The Morgan fingerprint density at radius 1 is 1.45 bits per heavy atom. The quantitative estimate of drug-likeness (QED) is 0.675. The van der Waals surface area contributed by atoms with Crippen molar-refractivity contribution in [3.05, 3.63) is 39.4 Å². The lowest BCUT2D eigenvalue weighted by molar-refractivity contribution is -0.387. The van der Waals surface area contributed by atoms with E-state index in [1.54, 1.807) is 0 Å². The molecule has 0 saturated carbocycles. The van der Waals surface area contributed by atoms with Crippen LogP contribution in [0.15, 0.2) is 12.1 Å². The largest absolute Gasteiger partial charge is 0.394 e. The number of amides is 1. The Hall–Kier alpha value is -2.09. The van der Waals surface area contributed by atoms with Crippen LogP contribution < -0.4 is 0 Å². The van der Waals surface area contributed by atoms with Crippen LogP contribution in [0, 0.1) is 21.7 Å². The maximum atomic E-state index is 13.9. The molecule has 0 aliphatic heterocycles. The number of likely N-dealkylation sites (N-methyl/N-ethyl adjacent to an activating group) is 1. The van der Waals surface area contributed by atoms with Crippen molar-refractivity contribution in [2.45, 2.75) is 19.4 Å². The molecule has 1 aromatic carbocycles. The molecule has 1 N–H and O–H groups in total. The summed E-state index contributed by atoms with van der Waals surface area (Å²) in [5, 5.41) is 19.8. The average Bonchev–Trinajstić information content (AvgIpc) is 2.38. The van der Waals surface area contributed by atoms with Crippen molar-refractivity contribution < 1.29 is 23.6 Å². The summed E-state index contributed by atoms with van der Waals surface area (Å²) in [6, 6.07) is 0.998. The molecule has 8 heteroatoms. The van der Waals surface area contributed by atoms with Gasteiger partial charge in [-0.05, 0) is 19.9 Å². The second-order valence-corrected chi connectivity index (χ2v) is 4.88. The topological polar surface area (TPSA) is 83.7 Å². The summed E-state index contributed by atoms with van der Waals surface area (Å²) < 4.78 is 27.2. The van der Waals surface area contributed by atoms with Crippen molar-refractivity contribution in [2.75, 3.05) is 13.7 Å². The fraction of sp³-hybridized carbons (Fsp3) is 0.417. The van der Waals surface area contributed by atoms with E-state index in [-0.39, 0.29) is 0 Å². The smallest absolute Gasteiger partial charge is 0.308 e. The van der Waals surface area contributed by atoms with Crippen LogP contribution in [0.1, 0.15) is 24.2 Å². The molecule has 0 heterocycles. The summed E-state index contributed by atoms with van der Waals surface area (Å²) >= 11 is 0. The second kappa shape index (κ2) is 5.49. The lowest BCUT2D eigenvalue weighted by atomic mass is 10.0. The fourth-order valence-electron chi connectivity index (χ4n) is 1.42. The standard InChI is InChI=1S/C12H14F2N2O4/c1-12(2,6-17)15(3)11(18)8-4-7(13)5-9(10(8)14)16(19)20/h4-5,17H,6H2,1-3H3. The number of hydrogen-bond acceptors (Lipinski definition) is 4. The number of aliphatic hydroxyl groups is 1. The molecule has 0 atom stereocenters. The minimum absolute atomic E-state index is 0.406. The molecule has 0 aromatic heterocycles. The van der Waals surface area contributed by atoms with Crippen LogP contribution in [0.25, 0.3) is 0 Å². The summed E-state index contributed by atoms with van der Waals surface area (Å²) in [5.74, 6) is -3.44. The van der Waals surface area contributed by atoms with Gasteiger partial charge in [0.15, 0.2) is 0 Å². The first-order valence-electron chi connectivity index (χ1n) is 5.64. The van der Waals surface area contributed by atoms with Gasteiger partial charge >= 0.3 is 5.69 Å². The lowest BCUT2D eigenvalue weighted by Gasteiger charge is -2.34. The number of halogens is 2. The number of hydrogen-bond donors (Lipinski definition) is 1. The number of carbonyl (C=O) groups is 1. The maximum Gasteiger partial charge on any atom is 0.308 e. The lowest BCUT2D eigenvalue weighted by Crippen LogP contribution is -2.47. The van der Waals surface area contributed by atoms with Gasteiger partial charge < -0.3 is 10.0 Å². The molecule has 110 valence electrons. The van der Waals surface area contributed by atoms with Crippen LogP contribution in [0.2, 0.25) is 0 Å². The molecular weight excluding hydrogens is 274 g/mol. The zero-order chi connectivity index (χ0) is 15.7. The van der Waals surface area contributed by atoms with Crippen molar-refractivity contribution in [2.24, 2.45) is 0 Å². The van der Waals surface area contributed by atoms with Gasteiger partial charge in [0.2, 0.25) is 5.82 Å². The monoisotopic (exact) mass is 288 g/mol. The molecule has 0 aliphatic rings. The maximum absolute atomic E-state index is 13.9. The third-order valence-electron chi connectivity index (χ3n) is 3.04. The Morgan fingerprint density at radius 2 is 2.00 bits per heavy atom. The van der Waals surface area contributed by atoms with E-state index >= 15 is 0 Å². The highest BCUT2D eigenvalue weighted by Gasteiger charge is 2.32. The summed E-state index contributed by atoms with van der Waals surface area (Å²) in [4.78, 5) is 22.6. The van der Waals surface area contributed by atoms with Crippen molar-refractivity contribution in [3.63, 3.8) is 0 Å². The SMILES string of the molecule is CN(C(=O)c1cc(F)cc([N+](=O)[O-])c1F)C(C)(C)CO. The first-order valence-corrected chi connectivity index (χ1v) is 5.64. The molecule has 0 radical (unpaired) electrons. The zero-order valence-corrected chi connectivity index (χ0v) is 11.2. The molecule has 6 nitrogen and oxygen atoms in total. The van der Waals surface area contributed by atoms with Crippen LogP contribution >= 0.6 is 0 Å². The van der Waals surface area contributed by atoms with E-state index in [0.717, 1.165) is 4.90 Å². The Balaban J connectivity index is 3.34. The van der Waals surface area contributed by atoms with E-state index < -0.39 is 45.9 Å². The molecule has 1 rings (SSSR count). The first-order chi connectivity index (χ1) is 9.11. The van der Waals surface area contributed by atoms with Gasteiger partial charge in [-0.3, -0.25) is 14.9 Å². The second-order valence-electron chi connectivity index (χ2n) is 4.88. The highest BCUT2D eigenvalue weighted by atomic mass is 19.1. The van der Waals surface area contributed by atoms with Gasteiger partial charge in [0.1, 0.15) is 5.82 Å². The molecule has 0 spiro atoms. The number of carbonyl (C=O) groups excluding carboxylic acids is 1. The van der Waals surface area contributed by atoms with Crippen LogP contribution in [-0.2, 0) is 0 Å². The molecule has 0 aliphatic carbocycles. The molecule has 0 unspecified atom stereocenters. The van der Waals surface area contributed by atoms with E-state index in [4.69, 9.17) is 5.11 Å². The van der Waals surface area contributed by atoms with Crippen molar-refractivity contribution in [1.82, 2.24) is 4.90 Å². The zero-order valence-electron chi connectivity index (χ0n) is 11.2. The third-order valence-corrected chi connectivity index (χ3v) is 3.04. The normalized spacial score (nSPS) is 11.3. The number of benzene rings is 1. The van der Waals surface area contributed by atoms with Gasteiger partial charge in [-0.15, -0.1) is 0 Å². The predicted octanol–water partition coefficient (Wildman–Crippen LogP) is 1.72.